The number of carbonyl (C=O) groups is 1. The van der Waals surface area contributed by atoms with E-state index in [1.165, 1.54) is 5.56 Å². The van der Waals surface area contributed by atoms with Crippen LogP contribution in [0.1, 0.15) is 25.3 Å². The lowest BCUT2D eigenvalue weighted by Crippen LogP contribution is -2.54. The van der Waals surface area contributed by atoms with Gasteiger partial charge in [0, 0.05) is 50.8 Å². The standard InChI is InChI=1S/C19H29N3O2.ClH/c1-16-13-20-9-10-22(16)14-18(23)21-15-19(7-11-24-12-8-19)17-5-3-2-4-6-17;/h2-6,16,20H,7-15H2,1H3,(H,21,23);1H/t16-;/m1./s1. The van der Waals surface area contributed by atoms with Gasteiger partial charge in [0.15, 0.2) is 0 Å². The number of rotatable bonds is 5. The summed E-state index contributed by atoms with van der Waals surface area (Å²) in [6.45, 7) is 7.74. The second kappa shape index (κ2) is 9.53. The third-order valence-electron chi connectivity index (χ3n) is 5.45. The molecule has 2 heterocycles. The molecule has 2 aliphatic heterocycles. The van der Waals surface area contributed by atoms with Gasteiger partial charge in [-0.25, -0.2) is 0 Å². The summed E-state index contributed by atoms with van der Waals surface area (Å²) < 4.78 is 5.56. The monoisotopic (exact) mass is 367 g/mol. The zero-order chi connectivity index (χ0) is 16.8. The van der Waals surface area contributed by atoms with E-state index < -0.39 is 0 Å². The highest BCUT2D eigenvalue weighted by molar-refractivity contribution is 5.85. The summed E-state index contributed by atoms with van der Waals surface area (Å²) in [5, 5.41) is 6.56. The Bertz CT molecular complexity index is 535. The van der Waals surface area contributed by atoms with Crippen molar-refractivity contribution in [2.45, 2.75) is 31.2 Å². The van der Waals surface area contributed by atoms with Gasteiger partial charge in [-0.15, -0.1) is 12.4 Å². The Labute approximate surface area is 156 Å². The van der Waals surface area contributed by atoms with Gasteiger partial charge in [0.2, 0.25) is 5.91 Å². The van der Waals surface area contributed by atoms with E-state index in [1.807, 2.05) is 6.07 Å². The van der Waals surface area contributed by atoms with Gasteiger partial charge in [-0.1, -0.05) is 30.3 Å². The van der Waals surface area contributed by atoms with Crippen molar-refractivity contribution in [1.29, 1.82) is 0 Å². The minimum Gasteiger partial charge on any atom is -0.381 e. The van der Waals surface area contributed by atoms with Gasteiger partial charge in [-0.3, -0.25) is 9.69 Å². The van der Waals surface area contributed by atoms with Gasteiger partial charge in [0.25, 0.3) is 0 Å². The number of piperazine rings is 1. The summed E-state index contributed by atoms with van der Waals surface area (Å²) in [4.78, 5) is 14.7. The first kappa shape index (κ1) is 20.2. The molecule has 6 heteroatoms. The van der Waals surface area contributed by atoms with Crippen LogP contribution in [0.4, 0.5) is 0 Å². The molecule has 0 unspecified atom stereocenters. The molecule has 2 aliphatic rings. The van der Waals surface area contributed by atoms with E-state index in [1.54, 1.807) is 0 Å². The average molecular weight is 368 g/mol. The number of ether oxygens (including phenoxy) is 1. The first-order valence-corrected chi connectivity index (χ1v) is 9.04. The molecule has 1 aromatic rings. The van der Waals surface area contributed by atoms with Gasteiger partial charge in [0.1, 0.15) is 0 Å². The van der Waals surface area contributed by atoms with E-state index in [0.717, 1.165) is 45.7 Å². The normalized spacial score (nSPS) is 23.5. The van der Waals surface area contributed by atoms with E-state index >= 15 is 0 Å². The minimum atomic E-state index is 0. The third-order valence-corrected chi connectivity index (χ3v) is 5.45. The largest absolute Gasteiger partial charge is 0.381 e. The first-order chi connectivity index (χ1) is 11.7. The zero-order valence-corrected chi connectivity index (χ0v) is 15.8. The topological polar surface area (TPSA) is 53.6 Å². The smallest absolute Gasteiger partial charge is 0.234 e. The number of carbonyl (C=O) groups excluding carboxylic acids is 1. The van der Waals surface area contributed by atoms with Gasteiger partial charge < -0.3 is 15.4 Å². The van der Waals surface area contributed by atoms with Crippen LogP contribution in [-0.4, -0.2) is 62.8 Å². The van der Waals surface area contributed by atoms with Crippen LogP contribution in [0.15, 0.2) is 30.3 Å². The molecule has 0 spiro atoms. The van der Waals surface area contributed by atoms with E-state index in [-0.39, 0.29) is 23.7 Å². The fourth-order valence-electron chi connectivity index (χ4n) is 3.75. The van der Waals surface area contributed by atoms with E-state index in [9.17, 15) is 4.79 Å². The predicted octanol–water partition coefficient (Wildman–Crippen LogP) is 1.57. The Hall–Kier alpha value is -1.14. The molecule has 1 aromatic carbocycles. The molecule has 0 aliphatic carbocycles. The van der Waals surface area contributed by atoms with Crippen molar-refractivity contribution >= 4 is 18.3 Å². The van der Waals surface area contributed by atoms with Gasteiger partial charge >= 0.3 is 0 Å². The van der Waals surface area contributed by atoms with Crippen molar-refractivity contribution in [2.75, 3.05) is 45.9 Å². The molecular weight excluding hydrogens is 338 g/mol. The van der Waals surface area contributed by atoms with E-state index in [4.69, 9.17) is 4.74 Å². The first-order valence-electron chi connectivity index (χ1n) is 9.04. The van der Waals surface area contributed by atoms with Crippen molar-refractivity contribution < 1.29 is 9.53 Å². The summed E-state index contributed by atoms with van der Waals surface area (Å²) in [6, 6.07) is 11.0. The van der Waals surface area contributed by atoms with Gasteiger partial charge in [-0.05, 0) is 25.3 Å². The fraction of sp³-hybridized carbons (Fsp3) is 0.632. The van der Waals surface area contributed by atoms with Crippen LogP contribution in [0.25, 0.3) is 0 Å². The minimum absolute atomic E-state index is 0. The number of nitrogens with zero attached hydrogens (tertiary/aromatic N) is 1. The fourth-order valence-corrected chi connectivity index (χ4v) is 3.75. The number of hydrogen-bond acceptors (Lipinski definition) is 4. The molecule has 0 saturated carbocycles. The highest BCUT2D eigenvalue weighted by Crippen LogP contribution is 2.34. The molecule has 0 bridgehead atoms. The Morgan fingerprint density at radius 1 is 1.32 bits per heavy atom. The molecule has 25 heavy (non-hydrogen) atoms. The molecule has 2 fully saturated rings. The van der Waals surface area contributed by atoms with Crippen molar-refractivity contribution in [3.63, 3.8) is 0 Å². The van der Waals surface area contributed by atoms with Crippen LogP contribution in [0, 0.1) is 0 Å². The predicted molar refractivity (Wildman–Crippen MR) is 102 cm³/mol. The lowest BCUT2D eigenvalue weighted by atomic mass is 9.74. The Kier molecular flexibility index (Phi) is 7.69. The van der Waals surface area contributed by atoms with Crippen LogP contribution < -0.4 is 10.6 Å². The van der Waals surface area contributed by atoms with Gasteiger partial charge in [-0.2, -0.15) is 0 Å². The summed E-state index contributed by atoms with van der Waals surface area (Å²) in [5.41, 5.74) is 1.31. The molecule has 0 radical (unpaired) electrons. The quantitative estimate of drug-likeness (QED) is 0.829. The highest BCUT2D eigenvalue weighted by Gasteiger charge is 2.35. The van der Waals surface area contributed by atoms with Gasteiger partial charge in [0.05, 0.1) is 6.54 Å². The number of halogens is 1. The molecule has 0 aromatic heterocycles. The number of hydrogen-bond donors (Lipinski definition) is 2. The molecule has 3 rings (SSSR count). The molecule has 140 valence electrons. The van der Waals surface area contributed by atoms with Crippen LogP contribution in [-0.2, 0) is 14.9 Å². The summed E-state index contributed by atoms with van der Waals surface area (Å²) in [6.07, 6.45) is 1.92. The van der Waals surface area contributed by atoms with Crippen molar-refractivity contribution in [1.82, 2.24) is 15.5 Å². The van der Waals surface area contributed by atoms with Crippen LogP contribution in [0.3, 0.4) is 0 Å². The molecule has 5 nitrogen and oxygen atoms in total. The SMILES string of the molecule is C[C@@H]1CNCCN1CC(=O)NCC1(c2ccccc2)CCOCC1.Cl. The lowest BCUT2D eigenvalue weighted by molar-refractivity contribution is -0.123. The third kappa shape index (κ3) is 5.17. The lowest BCUT2D eigenvalue weighted by Gasteiger charge is -2.38. The van der Waals surface area contributed by atoms with E-state index in [2.05, 4.69) is 46.7 Å². The summed E-state index contributed by atoms with van der Waals surface area (Å²) in [5.74, 6) is 0.130. The van der Waals surface area contributed by atoms with Crippen molar-refractivity contribution in [3.8, 4) is 0 Å². The molecule has 1 atom stereocenters. The second-order valence-electron chi connectivity index (χ2n) is 7.06. The molecule has 2 N–H and O–H groups in total. The maximum absolute atomic E-state index is 12.5. The summed E-state index contributed by atoms with van der Waals surface area (Å²) >= 11 is 0. The zero-order valence-electron chi connectivity index (χ0n) is 15.0. The Morgan fingerprint density at radius 3 is 2.72 bits per heavy atom. The average Bonchev–Trinajstić information content (AvgIpc) is 2.63. The maximum atomic E-state index is 12.5. The number of nitrogens with one attached hydrogen (secondary N) is 2. The molecule has 2 saturated heterocycles. The maximum Gasteiger partial charge on any atom is 0.234 e. The summed E-state index contributed by atoms with van der Waals surface area (Å²) in [7, 11) is 0. The van der Waals surface area contributed by atoms with E-state index in [0.29, 0.717) is 19.1 Å². The van der Waals surface area contributed by atoms with Crippen LogP contribution in [0.5, 0.6) is 0 Å². The highest BCUT2D eigenvalue weighted by atomic mass is 35.5. The van der Waals surface area contributed by atoms with Crippen molar-refractivity contribution in [2.24, 2.45) is 0 Å². The number of amides is 1. The Morgan fingerprint density at radius 2 is 2.04 bits per heavy atom. The molecular formula is C19H30ClN3O2. The molecule has 1 amide bonds. The van der Waals surface area contributed by atoms with Crippen LogP contribution in [0.2, 0.25) is 0 Å². The van der Waals surface area contributed by atoms with Crippen molar-refractivity contribution in [3.05, 3.63) is 35.9 Å². The number of benzene rings is 1. The van der Waals surface area contributed by atoms with Crippen LogP contribution >= 0.6 is 12.4 Å². The Balaban J connectivity index is 0.00000225. The second-order valence-corrected chi connectivity index (χ2v) is 7.06.